The molecule has 1 saturated heterocycles. The summed E-state index contributed by atoms with van der Waals surface area (Å²) < 4.78 is 0. The first-order valence-electron chi connectivity index (χ1n) is 5.09. The highest BCUT2D eigenvalue weighted by Crippen LogP contribution is 2.17. The van der Waals surface area contributed by atoms with E-state index in [-0.39, 0.29) is 0 Å². The van der Waals surface area contributed by atoms with E-state index in [1.165, 1.54) is 13.0 Å². The average molecular weight is 173 g/mol. The molecule has 1 fully saturated rings. The first kappa shape index (κ1) is 11.9. The van der Waals surface area contributed by atoms with E-state index in [1.807, 2.05) is 13.8 Å². The van der Waals surface area contributed by atoms with Gasteiger partial charge in [0.1, 0.15) is 0 Å². The molecule has 0 aromatic carbocycles. The standard InChI is InChI=1S/C8H17NO.C2H6/c1-7(2)9-4-3-8(5-9)6-10;1-2/h7-8,10H,3-6H2,1-2H3;1-2H3. The Bertz CT molecular complexity index is 104. The molecule has 0 amide bonds. The summed E-state index contributed by atoms with van der Waals surface area (Å²) in [7, 11) is 0. The molecule has 1 atom stereocenters. The molecule has 1 N–H and O–H groups in total. The van der Waals surface area contributed by atoms with Crippen molar-refractivity contribution in [1.29, 1.82) is 0 Å². The molecule has 0 aromatic heterocycles. The molecular weight excluding hydrogens is 150 g/mol. The average Bonchev–Trinajstić information content (AvgIpc) is 2.55. The summed E-state index contributed by atoms with van der Waals surface area (Å²) in [5, 5.41) is 8.84. The number of nitrogens with zero attached hydrogens (tertiary/aromatic N) is 1. The molecular formula is C10H23NO. The van der Waals surface area contributed by atoms with E-state index in [2.05, 4.69) is 18.7 Å². The number of likely N-dealkylation sites (tertiary alicyclic amines) is 1. The molecule has 2 nitrogen and oxygen atoms in total. The molecule has 0 aromatic rings. The monoisotopic (exact) mass is 173 g/mol. The summed E-state index contributed by atoms with van der Waals surface area (Å²) in [5.74, 6) is 0.544. The number of rotatable bonds is 2. The Hall–Kier alpha value is -0.0800. The fourth-order valence-electron chi connectivity index (χ4n) is 1.48. The van der Waals surface area contributed by atoms with Gasteiger partial charge in [0.05, 0.1) is 0 Å². The molecule has 2 heteroatoms. The van der Waals surface area contributed by atoms with Crippen LogP contribution < -0.4 is 0 Å². The van der Waals surface area contributed by atoms with Crippen LogP contribution >= 0.6 is 0 Å². The summed E-state index contributed by atoms with van der Waals surface area (Å²) in [4.78, 5) is 2.42. The quantitative estimate of drug-likeness (QED) is 0.687. The van der Waals surface area contributed by atoms with E-state index in [1.54, 1.807) is 0 Å². The normalized spacial score (nSPS) is 24.0. The van der Waals surface area contributed by atoms with Gasteiger partial charge in [0.15, 0.2) is 0 Å². The van der Waals surface area contributed by atoms with Crippen LogP contribution in [0.1, 0.15) is 34.1 Å². The van der Waals surface area contributed by atoms with Gasteiger partial charge in [0.2, 0.25) is 0 Å². The largest absolute Gasteiger partial charge is 0.396 e. The van der Waals surface area contributed by atoms with E-state index in [4.69, 9.17) is 5.11 Å². The van der Waals surface area contributed by atoms with Crippen LogP contribution in [0.15, 0.2) is 0 Å². The predicted octanol–water partition coefficient (Wildman–Crippen LogP) is 1.74. The van der Waals surface area contributed by atoms with Crippen LogP contribution in [0, 0.1) is 5.92 Å². The maximum atomic E-state index is 8.84. The lowest BCUT2D eigenvalue weighted by Gasteiger charge is -2.19. The zero-order chi connectivity index (χ0) is 9.56. The second kappa shape index (κ2) is 6.44. The minimum Gasteiger partial charge on any atom is -0.396 e. The fourth-order valence-corrected chi connectivity index (χ4v) is 1.48. The highest BCUT2D eigenvalue weighted by Gasteiger charge is 2.22. The third-order valence-corrected chi connectivity index (χ3v) is 2.31. The Morgan fingerprint density at radius 3 is 2.25 bits per heavy atom. The summed E-state index contributed by atoms with van der Waals surface area (Å²) in [6.07, 6.45) is 1.18. The lowest BCUT2D eigenvalue weighted by atomic mass is 10.1. The van der Waals surface area contributed by atoms with Crippen molar-refractivity contribution in [2.45, 2.75) is 40.2 Å². The van der Waals surface area contributed by atoms with Crippen LogP contribution in [0.4, 0.5) is 0 Å². The van der Waals surface area contributed by atoms with Gasteiger partial charge < -0.3 is 10.0 Å². The molecule has 0 radical (unpaired) electrons. The fraction of sp³-hybridized carbons (Fsp3) is 1.00. The van der Waals surface area contributed by atoms with Crippen LogP contribution in [0.25, 0.3) is 0 Å². The van der Waals surface area contributed by atoms with Crippen molar-refractivity contribution in [3.63, 3.8) is 0 Å². The van der Waals surface area contributed by atoms with Gasteiger partial charge in [0.25, 0.3) is 0 Å². The smallest absolute Gasteiger partial charge is 0.0471 e. The van der Waals surface area contributed by atoms with E-state index in [9.17, 15) is 0 Å². The molecule has 74 valence electrons. The first-order chi connectivity index (χ1) is 5.74. The van der Waals surface area contributed by atoms with Gasteiger partial charge in [-0.2, -0.15) is 0 Å². The van der Waals surface area contributed by atoms with Crippen LogP contribution in [0.5, 0.6) is 0 Å². The molecule has 12 heavy (non-hydrogen) atoms. The van der Waals surface area contributed by atoms with Crippen molar-refractivity contribution in [2.75, 3.05) is 19.7 Å². The summed E-state index contributed by atoms with van der Waals surface area (Å²) in [5.41, 5.74) is 0. The van der Waals surface area contributed by atoms with E-state index >= 15 is 0 Å². The number of aliphatic hydroxyl groups is 1. The second-order valence-corrected chi connectivity index (χ2v) is 3.43. The Labute approximate surface area is 76.6 Å². The van der Waals surface area contributed by atoms with Gasteiger partial charge in [-0.1, -0.05) is 13.8 Å². The number of hydrogen-bond donors (Lipinski definition) is 1. The third kappa shape index (κ3) is 3.55. The molecule has 1 unspecified atom stereocenters. The van der Waals surface area contributed by atoms with E-state index in [0.717, 1.165) is 6.54 Å². The van der Waals surface area contributed by atoms with Crippen LogP contribution in [-0.2, 0) is 0 Å². The molecule has 0 spiro atoms. The van der Waals surface area contributed by atoms with Gasteiger partial charge in [-0.3, -0.25) is 0 Å². The van der Waals surface area contributed by atoms with E-state index in [0.29, 0.717) is 18.6 Å². The minimum atomic E-state index is 0.364. The molecule has 0 aliphatic carbocycles. The van der Waals surface area contributed by atoms with Crippen molar-refractivity contribution < 1.29 is 5.11 Å². The molecule has 1 aliphatic heterocycles. The SMILES string of the molecule is CC.CC(C)N1CCC(CO)C1. The van der Waals surface area contributed by atoms with Crippen molar-refractivity contribution in [3.8, 4) is 0 Å². The van der Waals surface area contributed by atoms with Crippen LogP contribution in [-0.4, -0.2) is 35.7 Å². The maximum Gasteiger partial charge on any atom is 0.0471 e. The van der Waals surface area contributed by atoms with Crippen LogP contribution in [0.2, 0.25) is 0 Å². The van der Waals surface area contributed by atoms with Crippen molar-refractivity contribution in [1.82, 2.24) is 4.90 Å². The van der Waals surface area contributed by atoms with Crippen LogP contribution in [0.3, 0.4) is 0 Å². The Morgan fingerprint density at radius 2 is 2.00 bits per heavy atom. The van der Waals surface area contributed by atoms with Gasteiger partial charge in [-0.05, 0) is 32.7 Å². The first-order valence-corrected chi connectivity index (χ1v) is 5.09. The van der Waals surface area contributed by atoms with Gasteiger partial charge >= 0.3 is 0 Å². The van der Waals surface area contributed by atoms with Crippen molar-refractivity contribution in [2.24, 2.45) is 5.92 Å². The minimum absolute atomic E-state index is 0.364. The summed E-state index contributed by atoms with van der Waals surface area (Å²) >= 11 is 0. The van der Waals surface area contributed by atoms with E-state index < -0.39 is 0 Å². The zero-order valence-corrected chi connectivity index (χ0v) is 8.88. The lowest BCUT2D eigenvalue weighted by Crippen LogP contribution is -2.28. The predicted molar refractivity (Wildman–Crippen MR) is 53.2 cm³/mol. The van der Waals surface area contributed by atoms with Gasteiger partial charge in [0, 0.05) is 19.2 Å². The Morgan fingerprint density at radius 1 is 1.42 bits per heavy atom. The molecule has 0 saturated carbocycles. The highest BCUT2D eigenvalue weighted by molar-refractivity contribution is 4.76. The molecule has 1 rings (SSSR count). The highest BCUT2D eigenvalue weighted by atomic mass is 16.3. The molecule has 0 bridgehead atoms. The van der Waals surface area contributed by atoms with Gasteiger partial charge in [-0.15, -0.1) is 0 Å². The Balaban J connectivity index is 0.000000561. The Kier molecular flexibility index (Phi) is 6.39. The topological polar surface area (TPSA) is 23.5 Å². The van der Waals surface area contributed by atoms with Gasteiger partial charge in [-0.25, -0.2) is 0 Å². The molecule has 1 aliphatic rings. The lowest BCUT2D eigenvalue weighted by molar-refractivity contribution is 0.209. The number of hydrogen-bond acceptors (Lipinski definition) is 2. The molecule has 1 heterocycles. The summed E-state index contributed by atoms with van der Waals surface area (Å²) in [6.45, 7) is 11.0. The number of aliphatic hydroxyl groups excluding tert-OH is 1. The third-order valence-electron chi connectivity index (χ3n) is 2.31. The second-order valence-electron chi connectivity index (χ2n) is 3.43. The van der Waals surface area contributed by atoms with Crippen molar-refractivity contribution >= 4 is 0 Å². The summed E-state index contributed by atoms with van der Waals surface area (Å²) in [6, 6.07) is 0.650. The zero-order valence-electron chi connectivity index (χ0n) is 8.88. The maximum absolute atomic E-state index is 8.84. The van der Waals surface area contributed by atoms with Crippen molar-refractivity contribution in [3.05, 3.63) is 0 Å².